The summed E-state index contributed by atoms with van der Waals surface area (Å²) in [5.41, 5.74) is 0.922. The van der Waals surface area contributed by atoms with Crippen molar-refractivity contribution in [2.45, 2.75) is 6.42 Å². The van der Waals surface area contributed by atoms with Crippen molar-refractivity contribution in [2.24, 2.45) is 5.92 Å². The molecule has 17 heavy (non-hydrogen) atoms. The van der Waals surface area contributed by atoms with Crippen LogP contribution in [0.5, 0.6) is 5.75 Å². The maximum Gasteiger partial charge on any atom is 0.239 e. The van der Waals surface area contributed by atoms with Gasteiger partial charge in [-0.05, 0) is 24.1 Å². The van der Waals surface area contributed by atoms with Crippen LogP contribution in [0.3, 0.4) is 0 Å². The Hall–Kier alpha value is -2.02. The monoisotopic (exact) mass is 232 g/mol. The maximum absolute atomic E-state index is 11.7. The minimum atomic E-state index is -0.642. The second kappa shape index (κ2) is 5.90. The second-order valence-electron chi connectivity index (χ2n) is 3.97. The summed E-state index contributed by atoms with van der Waals surface area (Å²) in [5.74, 6) is -0.0797. The molecule has 0 N–H and O–H groups in total. The van der Waals surface area contributed by atoms with E-state index in [-0.39, 0.29) is 5.91 Å². The topological polar surface area (TPSA) is 53.3 Å². The van der Waals surface area contributed by atoms with E-state index in [1.807, 2.05) is 30.3 Å². The number of hydrogen-bond acceptors (Lipinski definition) is 3. The van der Waals surface area contributed by atoms with Crippen molar-refractivity contribution in [1.29, 1.82) is 5.26 Å². The summed E-state index contributed by atoms with van der Waals surface area (Å²) >= 11 is 0. The highest BCUT2D eigenvalue weighted by Crippen LogP contribution is 2.16. The van der Waals surface area contributed by atoms with Crippen molar-refractivity contribution in [3.8, 4) is 11.8 Å². The van der Waals surface area contributed by atoms with Crippen LogP contribution < -0.4 is 4.74 Å². The quantitative estimate of drug-likeness (QED) is 0.789. The van der Waals surface area contributed by atoms with Gasteiger partial charge in [0.15, 0.2) is 0 Å². The molecule has 0 aliphatic rings. The molecule has 1 aromatic carbocycles. The predicted molar refractivity (Wildman–Crippen MR) is 64.5 cm³/mol. The van der Waals surface area contributed by atoms with E-state index >= 15 is 0 Å². The molecular formula is C13H16N2O2. The van der Waals surface area contributed by atoms with Gasteiger partial charge in [0.2, 0.25) is 5.91 Å². The molecule has 4 nitrogen and oxygen atoms in total. The van der Waals surface area contributed by atoms with Crippen LogP contribution >= 0.6 is 0 Å². The number of rotatable bonds is 4. The van der Waals surface area contributed by atoms with E-state index in [4.69, 9.17) is 10.00 Å². The third-order valence-corrected chi connectivity index (χ3v) is 2.47. The number of ether oxygens (including phenoxy) is 1. The highest BCUT2D eigenvalue weighted by molar-refractivity contribution is 5.81. The number of nitriles is 1. The summed E-state index contributed by atoms with van der Waals surface area (Å²) in [7, 11) is 4.89. The van der Waals surface area contributed by atoms with Gasteiger partial charge in [-0.3, -0.25) is 4.79 Å². The van der Waals surface area contributed by atoms with E-state index in [0.717, 1.165) is 11.3 Å². The lowest BCUT2D eigenvalue weighted by Crippen LogP contribution is -2.30. The Labute approximate surface area is 101 Å². The zero-order chi connectivity index (χ0) is 12.8. The summed E-state index contributed by atoms with van der Waals surface area (Å²) in [4.78, 5) is 13.1. The first-order valence-electron chi connectivity index (χ1n) is 5.32. The van der Waals surface area contributed by atoms with Crippen LogP contribution in [0.15, 0.2) is 24.3 Å². The highest BCUT2D eigenvalue weighted by Gasteiger charge is 2.20. The van der Waals surface area contributed by atoms with Crippen molar-refractivity contribution in [3.63, 3.8) is 0 Å². The molecule has 1 amide bonds. The molecule has 0 bridgehead atoms. The average molecular weight is 232 g/mol. The summed E-state index contributed by atoms with van der Waals surface area (Å²) in [5, 5.41) is 9.00. The number of benzene rings is 1. The second-order valence-corrected chi connectivity index (χ2v) is 3.97. The van der Waals surface area contributed by atoms with Crippen LogP contribution in [0.25, 0.3) is 0 Å². The first kappa shape index (κ1) is 13.0. The zero-order valence-corrected chi connectivity index (χ0v) is 10.3. The molecule has 0 heterocycles. The molecule has 4 heteroatoms. The number of carbonyl (C=O) groups excluding carboxylic acids is 1. The third kappa shape index (κ3) is 3.49. The zero-order valence-electron chi connectivity index (χ0n) is 10.3. The fourth-order valence-electron chi connectivity index (χ4n) is 1.53. The Bertz CT molecular complexity index is 435. The Balaban J connectivity index is 2.81. The summed E-state index contributed by atoms with van der Waals surface area (Å²) in [6, 6.07) is 9.44. The lowest BCUT2D eigenvalue weighted by Gasteiger charge is -2.15. The lowest BCUT2D eigenvalue weighted by molar-refractivity contribution is -0.131. The number of nitrogens with zero attached hydrogens (tertiary/aromatic N) is 2. The lowest BCUT2D eigenvalue weighted by atomic mass is 9.99. The van der Waals surface area contributed by atoms with Crippen molar-refractivity contribution in [3.05, 3.63) is 29.8 Å². The van der Waals surface area contributed by atoms with Gasteiger partial charge in [0.25, 0.3) is 0 Å². The van der Waals surface area contributed by atoms with Gasteiger partial charge in [-0.25, -0.2) is 0 Å². The van der Waals surface area contributed by atoms with E-state index in [2.05, 4.69) is 0 Å². The Morgan fingerprint density at radius 2 is 2.24 bits per heavy atom. The van der Waals surface area contributed by atoms with Gasteiger partial charge < -0.3 is 9.64 Å². The molecule has 0 aliphatic heterocycles. The first-order valence-corrected chi connectivity index (χ1v) is 5.32. The van der Waals surface area contributed by atoms with E-state index < -0.39 is 5.92 Å². The highest BCUT2D eigenvalue weighted by atomic mass is 16.5. The largest absolute Gasteiger partial charge is 0.497 e. The van der Waals surface area contributed by atoms with Crippen molar-refractivity contribution >= 4 is 5.91 Å². The Kier molecular flexibility index (Phi) is 4.53. The molecule has 90 valence electrons. The normalized spacial score (nSPS) is 11.4. The molecule has 1 rings (SSSR count). The SMILES string of the molecule is COc1cccc(CC(C#N)C(=O)N(C)C)c1. The summed E-state index contributed by atoms with van der Waals surface area (Å²) in [6.45, 7) is 0. The van der Waals surface area contributed by atoms with Crippen LogP contribution in [0.1, 0.15) is 5.56 Å². The molecule has 0 saturated carbocycles. The molecule has 0 saturated heterocycles. The van der Waals surface area contributed by atoms with Gasteiger partial charge in [0.05, 0.1) is 13.2 Å². The standard InChI is InChI=1S/C13H16N2O2/c1-15(2)13(16)11(9-14)7-10-5-4-6-12(8-10)17-3/h4-6,8,11H,7H2,1-3H3. The minimum absolute atomic E-state index is 0.171. The molecule has 0 fully saturated rings. The molecule has 0 aliphatic carbocycles. The van der Waals surface area contributed by atoms with E-state index in [9.17, 15) is 4.79 Å². The van der Waals surface area contributed by atoms with Crippen LogP contribution in [0.4, 0.5) is 0 Å². The van der Waals surface area contributed by atoms with Gasteiger partial charge in [-0.2, -0.15) is 5.26 Å². The van der Waals surface area contributed by atoms with Gasteiger partial charge in [0.1, 0.15) is 11.7 Å². The first-order chi connectivity index (χ1) is 8.08. The van der Waals surface area contributed by atoms with Gasteiger partial charge in [0, 0.05) is 14.1 Å². The number of amides is 1. The molecular weight excluding hydrogens is 216 g/mol. The van der Waals surface area contributed by atoms with Crippen molar-refractivity contribution in [1.82, 2.24) is 4.90 Å². The molecule has 0 spiro atoms. The van der Waals surface area contributed by atoms with E-state index in [1.165, 1.54) is 4.90 Å². The van der Waals surface area contributed by atoms with Gasteiger partial charge in [-0.1, -0.05) is 12.1 Å². The molecule has 1 unspecified atom stereocenters. The number of methoxy groups -OCH3 is 1. The van der Waals surface area contributed by atoms with Crippen LogP contribution in [0, 0.1) is 17.2 Å². The van der Waals surface area contributed by atoms with Crippen LogP contribution in [-0.2, 0) is 11.2 Å². The third-order valence-electron chi connectivity index (χ3n) is 2.47. The molecule has 1 atom stereocenters. The maximum atomic E-state index is 11.7. The van der Waals surface area contributed by atoms with Gasteiger partial charge in [-0.15, -0.1) is 0 Å². The molecule has 0 aromatic heterocycles. The summed E-state index contributed by atoms with van der Waals surface area (Å²) in [6.07, 6.45) is 0.407. The fourth-order valence-corrected chi connectivity index (χ4v) is 1.53. The minimum Gasteiger partial charge on any atom is -0.497 e. The van der Waals surface area contributed by atoms with Crippen molar-refractivity contribution < 1.29 is 9.53 Å². The predicted octanol–water partition coefficient (Wildman–Crippen LogP) is 1.47. The van der Waals surface area contributed by atoms with E-state index in [0.29, 0.717) is 6.42 Å². The number of hydrogen-bond donors (Lipinski definition) is 0. The summed E-state index contributed by atoms with van der Waals surface area (Å²) < 4.78 is 5.10. The Morgan fingerprint density at radius 1 is 1.53 bits per heavy atom. The van der Waals surface area contributed by atoms with Crippen LogP contribution in [0.2, 0.25) is 0 Å². The Morgan fingerprint density at radius 3 is 2.76 bits per heavy atom. The molecule has 1 aromatic rings. The van der Waals surface area contributed by atoms with Crippen LogP contribution in [-0.4, -0.2) is 32.0 Å². The van der Waals surface area contributed by atoms with Crippen molar-refractivity contribution in [2.75, 3.05) is 21.2 Å². The van der Waals surface area contributed by atoms with E-state index in [1.54, 1.807) is 21.2 Å². The smallest absolute Gasteiger partial charge is 0.239 e. The molecule has 0 radical (unpaired) electrons. The fraction of sp³-hybridized carbons (Fsp3) is 0.385. The van der Waals surface area contributed by atoms with Gasteiger partial charge >= 0.3 is 0 Å². The number of carbonyl (C=O) groups is 1. The average Bonchev–Trinajstić information content (AvgIpc) is 2.35.